The van der Waals surface area contributed by atoms with Gasteiger partial charge < -0.3 is 9.72 Å². The number of hydrogen-bond donors (Lipinski definition) is 1. The third kappa shape index (κ3) is 3.39. The summed E-state index contributed by atoms with van der Waals surface area (Å²) < 4.78 is 18.9. The molecule has 0 saturated heterocycles. The minimum atomic E-state index is -0.841. The molecule has 0 saturated carbocycles. The quantitative estimate of drug-likeness (QED) is 0.723. The fourth-order valence-electron chi connectivity index (χ4n) is 2.62. The van der Waals surface area contributed by atoms with E-state index >= 15 is 0 Å². The van der Waals surface area contributed by atoms with Crippen molar-refractivity contribution >= 4 is 28.5 Å². The lowest BCUT2D eigenvalue weighted by Gasteiger charge is -2.11. The molecule has 2 aromatic heterocycles. The number of carbonyl (C=O) groups is 1. The van der Waals surface area contributed by atoms with Gasteiger partial charge >= 0.3 is 5.97 Å². The number of benzene rings is 1. The average molecular weight is 361 g/mol. The molecule has 0 fully saturated rings. The molecule has 3 rings (SSSR count). The van der Waals surface area contributed by atoms with Crippen LogP contribution in [0.5, 0.6) is 0 Å². The number of aromatic nitrogens is 2. The van der Waals surface area contributed by atoms with Crippen molar-refractivity contribution in [3.63, 3.8) is 0 Å². The lowest BCUT2D eigenvalue weighted by Crippen LogP contribution is -2.21. The number of H-pyrrole nitrogens is 1. The molecular formula is C18H14ClFN2O3. The second-order valence-electron chi connectivity index (χ2n) is 5.35. The van der Waals surface area contributed by atoms with Crippen LogP contribution in [0.25, 0.3) is 10.9 Å². The van der Waals surface area contributed by atoms with Crippen LogP contribution in [0.1, 0.15) is 28.5 Å². The molecule has 128 valence electrons. The van der Waals surface area contributed by atoms with E-state index < -0.39 is 17.3 Å². The predicted molar refractivity (Wildman–Crippen MR) is 92.5 cm³/mol. The minimum absolute atomic E-state index is 0.0979. The molecule has 1 N–H and O–H groups in total. The minimum Gasteiger partial charge on any atom is -0.462 e. The van der Waals surface area contributed by atoms with Gasteiger partial charge in [0, 0.05) is 23.7 Å². The number of aromatic amines is 1. The van der Waals surface area contributed by atoms with E-state index in [2.05, 4.69) is 9.97 Å². The van der Waals surface area contributed by atoms with Gasteiger partial charge in [0.15, 0.2) is 0 Å². The van der Waals surface area contributed by atoms with Crippen molar-refractivity contribution in [2.75, 3.05) is 6.61 Å². The molecule has 0 radical (unpaired) electrons. The maximum Gasteiger partial charge on any atom is 0.345 e. The lowest BCUT2D eigenvalue weighted by atomic mass is 10.0. The van der Waals surface area contributed by atoms with E-state index in [-0.39, 0.29) is 22.6 Å². The summed E-state index contributed by atoms with van der Waals surface area (Å²) in [7, 11) is 0. The zero-order chi connectivity index (χ0) is 18.0. The van der Waals surface area contributed by atoms with Crippen LogP contribution in [0.4, 0.5) is 4.39 Å². The second-order valence-corrected chi connectivity index (χ2v) is 5.73. The molecule has 2 heterocycles. The number of ether oxygens (including phenoxy) is 1. The monoisotopic (exact) mass is 360 g/mol. The van der Waals surface area contributed by atoms with Crippen LogP contribution in [-0.2, 0) is 11.2 Å². The Hall–Kier alpha value is -2.73. The zero-order valence-electron chi connectivity index (χ0n) is 13.3. The Morgan fingerprint density at radius 3 is 2.84 bits per heavy atom. The van der Waals surface area contributed by atoms with E-state index in [0.717, 1.165) is 0 Å². The van der Waals surface area contributed by atoms with E-state index in [4.69, 9.17) is 16.3 Å². The van der Waals surface area contributed by atoms with Gasteiger partial charge in [0.1, 0.15) is 11.4 Å². The van der Waals surface area contributed by atoms with Crippen LogP contribution in [-0.4, -0.2) is 22.5 Å². The van der Waals surface area contributed by atoms with Gasteiger partial charge in [-0.05, 0) is 36.8 Å². The molecule has 7 heteroatoms. The molecule has 0 bridgehead atoms. The normalized spacial score (nSPS) is 10.8. The van der Waals surface area contributed by atoms with Crippen molar-refractivity contribution < 1.29 is 13.9 Å². The van der Waals surface area contributed by atoms with Gasteiger partial charge in [-0.2, -0.15) is 0 Å². The standard InChI is InChI=1S/C18H14ClFN2O3/c1-2-25-18(24)14-15(19)13-9-11(20)7-10(16(13)22-17(14)23)8-12-5-3-4-6-21-12/h3-7,9H,2,8H2,1H3,(H,22,23). The van der Waals surface area contributed by atoms with Gasteiger partial charge in [-0.15, -0.1) is 0 Å². The Kier molecular flexibility index (Phi) is 4.81. The fourth-order valence-corrected chi connectivity index (χ4v) is 2.93. The Labute approximate surface area is 147 Å². The predicted octanol–water partition coefficient (Wildman–Crippen LogP) is 3.48. The molecule has 0 aliphatic heterocycles. The first kappa shape index (κ1) is 17.1. The number of esters is 1. The molecule has 0 unspecified atom stereocenters. The third-order valence-corrected chi connectivity index (χ3v) is 4.08. The van der Waals surface area contributed by atoms with Crippen molar-refractivity contribution in [3.05, 3.63) is 74.5 Å². The van der Waals surface area contributed by atoms with Gasteiger partial charge in [-0.25, -0.2) is 9.18 Å². The van der Waals surface area contributed by atoms with Crippen molar-refractivity contribution in [2.24, 2.45) is 0 Å². The van der Waals surface area contributed by atoms with Crippen molar-refractivity contribution in [2.45, 2.75) is 13.3 Å². The van der Waals surface area contributed by atoms with Crippen molar-refractivity contribution in [3.8, 4) is 0 Å². The first-order valence-corrected chi connectivity index (χ1v) is 8.00. The number of nitrogens with one attached hydrogen (secondary N) is 1. The SMILES string of the molecule is CCOC(=O)c1c(Cl)c2cc(F)cc(Cc3ccccn3)c2[nH]c1=O. The van der Waals surface area contributed by atoms with E-state index in [1.807, 2.05) is 6.07 Å². The van der Waals surface area contributed by atoms with E-state index in [1.165, 1.54) is 12.1 Å². The van der Waals surface area contributed by atoms with Crippen LogP contribution in [0.3, 0.4) is 0 Å². The molecule has 3 aromatic rings. The summed E-state index contributed by atoms with van der Waals surface area (Å²) in [5.74, 6) is -1.37. The van der Waals surface area contributed by atoms with Crippen LogP contribution in [0.15, 0.2) is 41.3 Å². The molecule has 0 spiro atoms. The fraction of sp³-hybridized carbons (Fsp3) is 0.167. The van der Waals surface area contributed by atoms with Crippen LogP contribution in [0.2, 0.25) is 5.02 Å². The lowest BCUT2D eigenvalue weighted by molar-refractivity contribution is 0.0524. The summed E-state index contributed by atoms with van der Waals surface area (Å²) in [6.45, 7) is 1.71. The summed E-state index contributed by atoms with van der Waals surface area (Å²) in [5, 5.41) is 0.120. The first-order valence-electron chi connectivity index (χ1n) is 7.62. The number of fused-ring (bicyclic) bond motifs is 1. The average Bonchev–Trinajstić information content (AvgIpc) is 2.57. The highest BCUT2D eigenvalue weighted by Crippen LogP contribution is 2.28. The van der Waals surface area contributed by atoms with Crippen LogP contribution < -0.4 is 5.56 Å². The topological polar surface area (TPSA) is 72.0 Å². The Bertz CT molecular complexity index is 1000. The van der Waals surface area contributed by atoms with Gasteiger partial charge in [-0.3, -0.25) is 9.78 Å². The molecule has 5 nitrogen and oxygen atoms in total. The van der Waals surface area contributed by atoms with Crippen molar-refractivity contribution in [1.82, 2.24) is 9.97 Å². The van der Waals surface area contributed by atoms with Crippen molar-refractivity contribution in [1.29, 1.82) is 0 Å². The Morgan fingerprint density at radius 1 is 1.36 bits per heavy atom. The van der Waals surface area contributed by atoms with Crippen LogP contribution >= 0.6 is 11.6 Å². The second kappa shape index (κ2) is 7.03. The molecule has 0 aliphatic rings. The highest BCUT2D eigenvalue weighted by Gasteiger charge is 2.21. The Morgan fingerprint density at radius 2 is 2.16 bits per heavy atom. The number of rotatable bonds is 4. The highest BCUT2D eigenvalue weighted by molar-refractivity contribution is 6.38. The van der Waals surface area contributed by atoms with E-state index in [9.17, 15) is 14.0 Å². The summed E-state index contributed by atoms with van der Waals surface area (Å²) in [5.41, 5.74) is 0.592. The maximum atomic E-state index is 14.1. The molecular weight excluding hydrogens is 347 g/mol. The van der Waals surface area contributed by atoms with Gasteiger partial charge in [0.25, 0.3) is 5.56 Å². The highest BCUT2D eigenvalue weighted by atomic mass is 35.5. The maximum absolute atomic E-state index is 14.1. The van der Waals surface area contributed by atoms with E-state index in [1.54, 1.807) is 25.3 Å². The molecule has 25 heavy (non-hydrogen) atoms. The summed E-state index contributed by atoms with van der Waals surface area (Å²) in [6, 6.07) is 7.88. The zero-order valence-corrected chi connectivity index (χ0v) is 14.1. The first-order chi connectivity index (χ1) is 12.0. The van der Waals surface area contributed by atoms with E-state index in [0.29, 0.717) is 23.2 Å². The smallest absolute Gasteiger partial charge is 0.345 e. The summed E-state index contributed by atoms with van der Waals surface area (Å²) in [6.07, 6.45) is 1.94. The summed E-state index contributed by atoms with van der Waals surface area (Å²) >= 11 is 6.22. The third-order valence-electron chi connectivity index (χ3n) is 3.68. The molecule has 0 atom stereocenters. The molecule has 0 aliphatic carbocycles. The number of nitrogens with zero attached hydrogens (tertiary/aromatic N) is 1. The van der Waals surface area contributed by atoms with Gasteiger partial charge in [-0.1, -0.05) is 17.7 Å². The number of carbonyl (C=O) groups excluding carboxylic acids is 1. The molecule has 1 aromatic carbocycles. The number of pyridine rings is 2. The number of halogens is 2. The van der Waals surface area contributed by atoms with Gasteiger partial charge in [0.2, 0.25) is 0 Å². The number of hydrogen-bond acceptors (Lipinski definition) is 4. The molecule has 0 amide bonds. The van der Waals surface area contributed by atoms with Crippen LogP contribution in [0, 0.1) is 5.82 Å². The van der Waals surface area contributed by atoms with Gasteiger partial charge in [0.05, 0.1) is 17.1 Å². The Balaban J connectivity index is 2.21. The summed E-state index contributed by atoms with van der Waals surface area (Å²) in [4.78, 5) is 31.1. The largest absolute Gasteiger partial charge is 0.462 e.